The molecule has 0 aromatic heterocycles. The van der Waals surface area contributed by atoms with Gasteiger partial charge in [0, 0.05) is 18.2 Å². The Hall–Kier alpha value is -2.42. The third-order valence-corrected chi connectivity index (χ3v) is 6.73. The number of hydrogen-bond acceptors (Lipinski definition) is 6. The van der Waals surface area contributed by atoms with Gasteiger partial charge in [0.2, 0.25) is 11.8 Å². The zero-order chi connectivity index (χ0) is 28.2. The van der Waals surface area contributed by atoms with Crippen molar-refractivity contribution in [3.63, 3.8) is 0 Å². The van der Waals surface area contributed by atoms with Gasteiger partial charge < -0.3 is 25.4 Å². The third kappa shape index (κ3) is 10.5. The van der Waals surface area contributed by atoms with Crippen LogP contribution in [0.25, 0.3) is 0 Å². The number of para-hydroxylation sites is 1. The van der Waals surface area contributed by atoms with Crippen LogP contribution in [0.4, 0.5) is 4.79 Å². The molecule has 0 bridgehead atoms. The van der Waals surface area contributed by atoms with Gasteiger partial charge in [-0.25, -0.2) is 4.79 Å². The maximum Gasteiger partial charge on any atom is 0.408 e. The fourth-order valence-electron chi connectivity index (χ4n) is 3.92. The summed E-state index contributed by atoms with van der Waals surface area (Å²) in [4.78, 5) is 41.9. The number of nitrogens with zero attached hydrogens (tertiary/aromatic N) is 1. The number of aryl methyl sites for hydroxylation is 1. The molecular formula is C28H47N3O5S. The average Bonchev–Trinajstić information content (AvgIpc) is 2.82. The maximum atomic E-state index is 14.1. The van der Waals surface area contributed by atoms with Crippen molar-refractivity contribution in [3.05, 3.63) is 29.3 Å². The van der Waals surface area contributed by atoms with Crippen LogP contribution in [0.5, 0.6) is 5.75 Å². The first-order valence-electron chi connectivity index (χ1n) is 13.2. The highest BCUT2D eigenvalue weighted by Gasteiger charge is 2.39. The second-order valence-electron chi connectivity index (χ2n) is 10.4. The molecule has 3 atom stereocenters. The largest absolute Gasteiger partial charge is 0.507 e. The van der Waals surface area contributed by atoms with Crippen molar-refractivity contribution < 1.29 is 24.2 Å². The Morgan fingerprint density at radius 3 is 2.41 bits per heavy atom. The van der Waals surface area contributed by atoms with E-state index in [4.69, 9.17) is 4.74 Å². The number of ether oxygens (including phenoxy) is 1. The lowest BCUT2D eigenvalue weighted by molar-refractivity contribution is -0.145. The molecule has 1 rings (SSSR count). The second kappa shape index (κ2) is 15.7. The summed E-state index contributed by atoms with van der Waals surface area (Å²) in [5.41, 5.74) is 0.258. The van der Waals surface area contributed by atoms with Crippen molar-refractivity contribution in [1.29, 1.82) is 0 Å². The van der Waals surface area contributed by atoms with E-state index in [1.54, 1.807) is 57.7 Å². The minimum Gasteiger partial charge on any atom is -0.507 e. The molecule has 0 fully saturated rings. The minimum absolute atomic E-state index is 0.0157. The van der Waals surface area contributed by atoms with E-state index in [-0.39, 0.29) is 23.6 Å². The zero-order valence-electron chi connectivity index (χ0n) is 23.8. The van der Waals surface area contributed by atoms with E-state index in [9.17, 15) is 19.5 Å². The summed E-state index contributed by atoms with van der Waals surface area (Å²) >= 11 is 1.56. The molecule has 9 heteroatoms. The van der Waals surface area contributed by atoms with Crippen molar-refractivity contribution in [2.75, 3.05) is 18.6 Å². The summed E-state index contributed by atoms with van der Waals surface area (Å²) < 4.78 is 5.42. The quantitative estimate of drug-likeness (QED) is 0.277. The highest BCUT2D eigenvalue weighted by Crippen LogP contribution is 2.34. The van der Waals surface area contributed by atoms with Crippen LogP contribution >= 0.6 is 11.8 Å². The number of rotatable bonds is 14. The Morgan fingerprint density at radius 1 is 1.16 bits per heavy atom. The van der Waals surface area contributed by atoms with Gasteiger partial charge in [0.1, 0.15) is 23.4 Å². The average molecular weight is 538 g/mol. The van der Waals surface area contributed by atoms with Gasteiger partial charge in [-0.1, -0.05) is 44.9 Å². The van der Waals surface area contributed by atoms with Crippen LogP contribution in [0.3, 0.4) is 0 Å². The number of carbonyl (C=O) groups excluding carboxylic acids is 3. The van der Waals surface area contributed by atoms with E-state index in [2.05, 4.69) is 17.6 Å². The molecular weight excluding hydrogens is 490 g/mol. The highest BCUT2D eigenvalue weighted by molar-refractivity contribution is 7.98. The van der Waals surface area contributed by atoms with Crippen molar-refractivity contribution in [2.45, 2.75) is 104 Å². The monoisotopic (exact) mass is 537 g/mol. The predicted molar refractivity (Wildman–Crippen MR) is 151 cm³/mol. The van der Waals surface area contributed by atoms with Crippen LogP contribution in [0.15, 0.2) is 18.2 Å². The molecule has 3 N–H and O–H groups in total. The van der Waals surface area contributed by atoms with Gasteiger partial charge in [0.25, 0.3) is 0 Å². The summed E-state index contributed by atoms with van der Waals surface area (Å²) in [7, 11) is 0. The lowest BCUT2D eigenvalue weighted by Crippen LogP contribution is -2.55. The lowest BCUT2D eigenvalue weighted by atomic mass is 9.97. The summed E-state index contributed by atoms with van der Waals surface area (Å²) in [5, 5.41) is 16.7. The number of hydrogen-bond donors (Lipinski definition) is 3. The minimum atomic E-state index is -1.05. The van der Waals surface area contributed by atoms with E-state index >= 15 is 0 Å². The normalized spacial score (nSPS) is 13.8. The number of phenolic OH excluding ortho intramolecular Hbond substituents is 1. The molecule has 210 valence electrons. The van der Waals surface area contributed by atoms with Crippen molar-refractivity contribution in [1.82, 2.24) is 15.5 Å². The van der Waals surface area contributed by atoms with E-state index in [0.29, 0.717) is 36.3 Å². The van der Waals surface area contributed by atoms with Gasteiger partial charge in [-0.2, -0.15) is 11.8 Å². The Balaban J connectivity index is 3.51. The number of benzene rings is 1. The van der Waals surface area contributed by atoms with Crippen molar-refractivity contribution in [3.8, 4) is 5.75 Å². The molecule has 0 saturated carbocycles. The molecule has 1 aromatic rings. The topological polar surface area (TPSA) is 108 Å². The number of phenols is 1. The van der Waals surface area contributed by atoms with Crippen molar-refractivity contribution in [2.24, 2.45) is 0 Å². The standard InChI is InChI=1S/C28H47N3O5S/c1-9-11-12-17-29-25(33)23(21-15-13-14-19(3)24(21)32)31(20(4)10-2)26(34)22(16-18-37-8)30-27(35)36-28(5,6)7/h13-15,20,22-23,32H,9-12,16-18H2,1-8H3,(H,29,33)(H,30,35). The van der Waals surface area contributed by atoms with E-state index in [1.807, 2.05) is 20.1 Å². The van der Waals surface area contributed by atoms with Crippen LogP contribution in [-0.2, 0) is 14.3 Å². The van der Waals surface area contributed by atoms with E-state index < -0.39 is 23.8 Å². The molecule has 0 aliphatic carbocycles. The molecule has 0 aliphatic heterocycles. The van der Waals surface area contributed by atoms with Gasteiger partial charge >= 0.3 is 6.09 Å². The number of amides is 3. The fraction of sp³-hybridized carbons (Fsp3) is 0.679. The van der Waals surface area contributed by atoms with Gasteiger partial charge in [0.05, 0.1) is 0 Å². The first kappa shape index (κ1) is 32.6. The Bertz CT molecular complexity index is 887. The summed E-state index contributed by atoms with van der Waals surface area (Å²) in [6.07, 6.45) is 5.02. The molecule has 0 aliphatic rings. The van der Waals surface area contributed by atoms with Crippen molar-refractivity contribution >= 4 is 29.7 Å². The number of thioether (sulfide) groups is 1. The molecule has 8 nitrogen and oxygen atoms in total. The smallest absolute Gasteiger partial charge is 0.408 e. The SMILES string of the molecule is CCCCCNC(=O)C(c1cccc(C)c1O)N(C(=O)C(CCSC)NC(=O)OC(C)(C)C)C(C)CC. The van der Waals surface area contributed by atoms with E-state index in [0.717, 1.165) is 19.3 Å². The molecule has 0 radical (unpaired) electrons. The number of carbonyl (C=O) groups is 3. The molecule has 3 unspecified atom stereocenters. The highest BCUT2D eigenvalue weighted by atomic mass is 32.2. The summed E-state index contributed by atoms with van der Waals surface area (Å²) in [6, 6.07) is 2.93. The first-order chi connectivity index (χ1) is 17.4. The summed E-state index contributed by atoms with van der Waals surface area (Å²) in [6.45, 7) is 13.4. The van der Waals surface area contributed by atoms with Gasteiger partial charge in [-0.3, -0.25) is 9.59 Å². The Morgan fingerprint density at radius 2 is 1.84 bits per heavy atom. The molecule has 37 heavy (non-hydrogen) atoms. The lowest BCUT2D eigenvalue weighted by Gasteiger charge is -2.38. The first-order valence-corrected chi connectivity index (χ1v) is 14.6. The van der Waals surface area contributed by atoms with Gasteiger partial charge in [-0.15, -0.1) is 0 Å². The van der Waals surface area contributed by atoms with Gasteiger partial charge in [0.15, 0.2) is 0 Å². The van der Waals surface area contributed by atoms with Crippen LogP contribution in [-0.4, -0.2) is 64.2 Å². The molecule has 0 spiro atoms. The van der Waals surface area contributed by atoms with Crippen LogP contribution in [0, 0.1) is 6.92 Å². The Kier molecular flexibility index (Phi) is 13.9. The van der Waals surface area contributed by atoms with Crippen LogP contribution in [0.1, 0.15) is 90.8 Å². The zero-order valence-corrected chi connectivity index (χ0v) is 24.7. The fourth-order valence-corrected chi connectivity index (χ4v) is 4.39. The molecule has 3 amide bonds. The Labute approximate surface area is 227 Å². The molecule has 0 heterocycles. The van der Waals surface area contributed by atoms with Crippen LogP contribution in [0.2, 0.25) is 0 Å². The number of nitrogens with one attached hydrogen (secondary N) is 2. The van der Waals surface area contributed by atoms with Crippen LogP contribution < -0.4 is 10.6 Å². The molecule has 0 saturated heterocycles. The van der Waals surface area contributed by atoms with Gasteiger partial charge in [-0.05, 0) is 71.5 Å². The summed E-state index contributed by atoms with van der Waals surface area (Å²) in [5.74, 6) is -0.127. The molecule has 1 aromatic carbocycles. The number of unbranched alkanes of at least 4 members (excludes halogenated alkanes) is 2. The predicted octanol–water partition coefficient (Wildman–Crippen LogP) is 5.32. The van der Waals surface area contributed by atoms with E-state index in [1.165, 1.54) is 4.90 Å². The maximum absolute atomic E-state index is 14.1. The number of aromatic hydroxyl groups is 1. The third-order valence-electron chi connectivity index (χ3n) is 6.09. The second-order valence-corrected chi connectivity index (χ2v) is 11.4. The number of alkyl carbamates (subject to hydrolysis) is 1.